The van der Waals surface area contributed by atoms with Crippen molar-refractivity contribution < 1.29 is 0 Å². The minimum atomic E-state index is 0.386. The first-order valence-electron chi connectivity index (χ1n) is 13.3. The van der Waals surface area contributed by atoms with Gasteiger partial charge in [-0.25, -0.2) is 9.97 Å². The summed E-state index contributed by atoms with van der Waals surface area (Å²) in [6.07, 6.45) is 0.891. The number of imidazole rings is 2. The fourth-order valence-electron chi connectivity index (χ4n) is 5.82. The predicted octanol–water partition coefficient (Wildman–Crippen LogP) is 9.47. The van der Waals surface area contributed by atoms with Gasteiger partial charge < -0.3 is 9.97 Å². The van der Waals surface area contributed by atoms with Crippen molar-refractivity contribution in [2.75, 3.05) is 0 Å². The molecule has 184 valence electrons. The molecule has 8 rings (SSSR count). The fourth-order valence-corrected chi connectivity index (χ4v) is 6.98. The lowest BCUT2D eigenvalue weighted by Gasteiger charge is -2.09. The molecule has 0 aliphatic carbocycles. The van der Waals surface area contributed by atoms with Crippen LogP contribution in [0, 0.1) is 0 Å². The summed E-state index contributed by atoms with van der Waals surface area (Å²) in [5, 5.41) is 7.52. The zero-order valence-corrected chi connectivity index (χ0v) is 22.3. The molecule has 0 saturated carbocycles. The number of hydrogen-bond donors (Lipinski definition) is 2. The molecule has 5 aromatic carbocycles. The van der Waals surface area contributed by atoms with Gasteiger partial charge in [0.05, 0.1) is 22.1 Å². The van der Waals surface area contributed by atoms with Crippen LogP contribution < -0.4 is 0 Å². The van der Waals surface area contributed by atoms with E-state index >= 15 is 0 Å². The minimum absolute atomic E-state index is 0.386. The highest BCUT2D eigenvalue weighted by Crippen LogP contribution is 2.40. The van der Waals surface area contributed by atoms with Crippen LogP contribution in [0.1, 0.15) is 38.3 Å². The lowest BCUT2D eigenvalue weighted by atomic mass is 9.95. The quantitative estimate of drug-likeness (QED) is 0.233. The van der Waals surface area contributed by atoms with Crippen molar-refractivity contribution in [2.45, 2.75) is 33.1 Å². The second kappa shape index (κ2) is 7.89. The van der Waals surface area contributed by atoms with Gasteiger partial charge in [-0.2, -0.15) is 0 Å². The molecular formula is C33H26N4S. The van der Waals surface area contributed by atoms with E-state index in [0.29, 0.717) is 5.92 Å². The highest BCUT2D eigenvalue weighted by atomic mass is 32.1. The number of benzene rings is 5. The number of nitrogens with one attached hydrogen (secondary N) is 2. The van der Waals surface area contributed by atoms with E-state index in [4.69, 9.17) is 9.97 Å². The summed E-state index contributed by atoms with van der Waals surface area (Å²) in [4.78, 5) is 16.8. The predicted molar refractivity (Wildman–Crippen MR) is 163 cm³/mol. The van der Waals surface area contributed by atoms with Gasteiger partial charge in [0.2, 0.25) is 0 Å². The van der Waals surface area contributed by atoms with Gasteiger partial charge in [-0.15, -0.1) is 11.3 Å². The van der Waals surface area contributed by atoms with Crippen molar-refractivity contribution in [3.8, 4) is 11.1 Å². The van der Waals surface area contributed by atoms with E-state index in [1.54, 1.807) is 0 Å². The lowest BCUT2D eigenvalue weighted by molar-refractivity contribution is 0.799. The molecule has 3 heterocycles. The molecule has 0 fully saturated rings. The van der Waals surface area contributed by atoms with Gasteiger partial charge >= 0.3 is 0 Å². The summed E-state index contributed by atoms with van der Waals surface area (Å²) >= 11 is 1.85. The molecule has 8 aromatic rings. The number of hydrogen-bond acceptors (Lipinski definition) is 3. The van der Waals surface area contributed by atoms with Crippen LogP contribution >= 0.6 is 11.3 Å². The van der Waals surface area contributed by atoms with Gasteiger partial charge in [0.25, 0.3) is 0 Å². The second-order valence-electron chi connectivity index (χ2n) is 10.5. The van der Waals surface area contributed by atoms with E-state index in [1.807, 2.05) is 11.3 Å². The Bertz CT molecular complexity index is 2210. The number of thiophene rings is 1. The van der Waals surface area contributed by atoms with E-state index in [2.05, 4.69) is 104 Å². The molecule has 38 heavy (non-hydrogen) atoms. The number of aromatic amines is 2. The first-order valence-corrected chi connectivity index (χ1v) is 14.1. The average Bonchev–Trinajstić information content (AvgIpc) is 3.66. The molecule has 0 aliphatic heterocycles. The van der Waals surface area contributed by atoms with Crippen LogP contribution in [-0.2, 0) is 6.42 Å². The molecular weight excluding hydrogens is 484 g/mol. The number of aryl methyl sites for hydroxylation is 1. The molecule has 3 aromatic heterocycles. The van der Waals surface area contributed by atoms with Crippen LogP contribution in [0.5, 0.6) is 0 Å². The lowest BCUT2D eigenvalue weighted by Crippen LogP contribution is -1.88. The van der Waals surface area contributed by atoms with Crippen LogP contribution in [0.3, 0.4) is 0 Å². The Hall–Kier alpha value is -4.22. The molecule has 0 atom stereocenters. The standard InChI is InChI=1S/C33H26N4S/c1-4-30-36-31-22-8-6-5-7-20(22)24-13-18(10-12-23(24)32(31)37-30)19-9-11-21-25-15-26-27(35-33(34-26)17(2)3)16-29(25)38-28(21)14-19/h5-17H,4H2,1-3H3,(H,34,35)(H,36,37). The molecule has 4 nitrogen and oxygen atoms in total. The van der Waals surface area contributed by atoms with Gasteiger partial charge in [-0.1, -0.05) is 69.3 Å². The Kier molecular flexibility index (Phi) is 4.53. The van der Waals surface area contributed by atoms with Gasteiger partial charge in [0, 0.05) is 43.3 Å². The van der Waals surface area contributed by atoms with Crippen LogP contribution in [0.4, 0.5) is 0 Å². The second-order valence-corrected chi connectivity index (χ2v) is 11.6. The highest BCUT2D eigenvalue weighted by Gasteiger charge is 2.15. The summed E-state index contributed by atoms with van der Waals surface area (Å²) < 4.78 is 2.58. The third-order valence-electron chi connectivity index (χ3n) is 7.82. The fraction of sp³-hybridized carbons (Fsp3) is 0.152. The normalized spacial score (nSPS) is 12.4. The van der Waals surface area contributed by atoms with Crippen molar-refractivity contribution in [1.29, 1.82) is 0 Å². The topological polar surface area (TPSA) is 57.4 Å². The summed E-state index contributed by atoms with van der Waals surface area (Å²) in [5.74, 6) is 2.47. The maximum Gasteiger partial charge on any atom is 0.109 e. The number of H-pyrrole nitrogens is 2. The van der Waals surface area contributed by atoms with Crippen molar-refractivity contribution in [2.24, 2.45) is 0 Å². The number of rotatable bonds is 3. The Morgan fingerprint density at radius 3 is 2.29 bits per heavy atom. The van der Waals surface area contributed by atoms with E-state index in [0.717, 1.165) is 40.1 Å². The van der Waals surface area contributed by atoms with Crippen molar-refractivity contribution in [3.05, 3.63) is 84.4 Å². The van der Waals surface area contributed by atoms with Crippen molar-refractivity contribution >= 4 is 75.1 Å². The van der Waals surface area contributed by atoms with Crippen molar-refractivity contribution in [3.63, 3.8) is 0 Å². The summed E-state index contributed by atoms with van der Waals surface area (Å²) in [7, 11) is 0. The first kappa shape index (κ1) is 21.8. The SMILES string of the molecule is CCc1nc2c3ccccc3c3cc(-c4ccc5c(c4)sc4cc6nc(C(C)C)[nH]c6cc45)ccc3c2[nH]1. The smallest absolute Gasteiger partial charge is 0.109 e. The zero-order chi connectivity index (χ0) is 25.5. The van der Waals surface area contributed by atoms with Gasteiger partial charge in [-0.05, 0) is 46.2 Å². The molecule has 0 radical (unpaired) electrons. The van der Waals surface area contributed by atoms with E-state index in [1.165, 1.54) is 52.8 Å². The number of aromatic nitrogens is 4. The van der Waals surface area contributed by atoms with Crippen LogP contribution in [0.15, 0.2) is 72.8 Å². The Morgan fingerprint density at radius 2 is 1.47 bits per heavy atom. The molecule has 0 unspecified atom stereocenters. The number of nitrogens with zero attached hydrogens (tertiary/aromatic N) is 2. The highest BCUT2D eigenvalue weighted by molar-refractivity contribution is 7.25. The molecule has 0 aliphatic rings. The van der Waals surface area contributed by atoms with Gasteiger partial charge in [-0.3, -0.25) is 0 Å². The Balaban J connectivity index is 1.32. The Labute approximate surface area is 223 Å². The summed E-state index contributed by atoms with van der Waals surface area (Å²) in [6, 6.07) is 26.9. The van der Waals surface area contributed by atoms with Crippen molar-refractivity contribution in [1.82, 2.24) is 19.9 Å². The average molecular weight is 511 g/mol. The molecule has 5 heteroatoms. The third-order valence-corrected chi connectivity index (χ3v) is 8.94. The Morgan fingerprint density at radius 1 is 0.711 bits per heavy atom. The zero-order valence-electron chi connectivity index (χ0n) is 21.5. The maximum atomic E-state index is 4.91. The van der Waals surface area contributed by atoms with Crippen LogP contribution in [-0.4, -0.2) is 19.9 Å². The maximum absolute atomic E-state index is 4.91. The molecule has 2 N–H and O–H groups in total. The molecule has 0 saturated heterocycles. The minimum Gasteiger partial charge on any atom is -0.342 e. The molecule has 0 bridgehead atoms. The van der Waals surface area contributed by atoms with E-state index in [-0.39, 0.29) is 0 Å². The van der Waals surface area contributed by atoms with Gasteiger partial charge in [0.1, 0.15) is 11.6 Å². The van der Waals surface area contributed by atoms with E-state index in [9.17, 15) is 0 Å². The third kappa shape index (κ3) is 3.09. The molecule has 0 amide bonds. The monoisotopic (exact) mass is 510 g/mol. The molecule has 0 spiro atoms. The van der Waals surface area contributed by atoms with Crippen LogP contribution in [0.25, 0.3) is 74.9 Å². The largest absolute Gasteiger partial charge is 0.342 e. The summed E-state index contributed by atoms with van der Waals surface area (Å²) in [5.41, 5.74) is 6.82. The first-order chi connectivity index (χ1) is 18.6. The number of fused-ring (bicyclic) bond motifs is 10. The summed E-state index contributed by atoms with van der Waals surface area (Å²) in [6.45, 7) is 6.49. The van der Waals surface area contributed by atoms with Crippen LogP contribution in [0.2, 0.25) is 0 Å². The van der Waals surface area contributed by atoms with Gasteiger partial charge in [0.15, 0.2) is 0 Å². The van der Waals surface area contributed by atoms with E-state index < -0.39 is 0 Å².